The Labute approximate surface area is 124 Å². The number of thiophene rings is 1. The van der Waals surface area contributed by atoms with Crippen molar-refractivity contribution in [1.29, 1.82) is 0 Å². The van der Waals surface area contributed by atoms with Gasteiger partial charge in [-0.25, -0.2) is 4.98 Å². The van der Waals surface area contributed by atoms with E-state index < -0.39 is 0 Å². The Kier molecular flexibility index (Phi) is 4.35. The lowest BCUT2D eigenvalue weighted by Gasteiger charge is -2.09. The molecule has 0 spiro atoms. The summed E-state index contributed by atoms with van der Waals surface area (Å²) in [4.78, 5) is 10.2. The zero-order chi connectivity index (χ0) is 13.8. The molecule has 1 aliphatic carbocycles. The van der Waals surface area contributed by atoms with Crippen molar-refractivity contribution < 1.29 is 0 Å². The summed E-state index contributed by atoms with van der Waals surface area (Å²) in [5.74, 6) is 2.72. The number of anilines is 2. The predicted molar refractivity (Wildman–Crippen MR) is 86.6 cm³/mol. The van der Waals surface area contributed by atoms with Crippen molar-refractivity contribution >= 4 is 33.3 Å². The van der Waals surface area contributed by atoms with Crippen LogP contribution in [0.5, 0.6) is 0 Å². The van der Waals surface area contributed by atoms with Crippen LogP contribution in [-0.4, -0.2) is 23.1 Å². The molecule has 0 saturated heterocycles. The van der Waals surface area contributed by atoms with Gasteiger partial charge in [0.25, 0.3) is 0 Å². The van der Waals surface area contributed by atoms with Gasteiger partial charge in [-0.3, -0.25) is 0 Å². The molecular weight excluding hydrogens is 268 g/mol. The molecule has 0 bridgehead atoms. The van der Waals surface area contributed by atoms with E-state index in [1.807, 2.05) is 0 Å². The molecule has 1 fully saturated rings. The first-order valence-corrected chi connectivity index (χ1v) is 8.47. The van der Waals surface area contributed by atoms with E-state index in [0.29, 0.717) is 0 Å². The molecular formula is C15H22N4S. The van der Waals surface area contributed by atoms with Crippen LogP contribution in [0.2, 0.25) is 0 Å². The van der Waals surface area contributed by atoms with Gasteiger partial charge in [0.1, 0.15) is 10.6 Å². The van der Waals surface area contributed by atoms with Gasteiger partial charge >= 0.3 is 0 Å². The third kappa shape index (κ3) is 3.39. The highest BCUT2D eigenvalue weighted by Gasteiger charge is 2.20. The summed E-state index contributed by atoms with van der Waals surface area (Å²) in [5.41, 5.74) is 0. The third-order valence-corrected chi connectivity index (χ3v) is 4.44. The van der Waals surface area contributed by atoms with Gasteiger partial charge in [-0.1, -0.05) is 19.8 Å². The highest BCUT2D eigenvalue weighted by molar-refractivity contribution is 7.16. The highest BCUT2D eigenvalue weighted by atomic mass is 32.1. The average molecular weight is 290 g/mol. The summed E-state index contributed by atoms with van der Waals surface area (Å²) < 4.78 is 0. The van der Waals surface area contributed by atoms with Crippen LogP contribution in [0.3, 0.4) is 0 Å². The van der Waals surface area contributed by atoms with Crippen molar-refractivity contribution in [2.24, 2.45) is 5.92 Å². The summed E-state index contributed by atoms with van der Waals surface area (Å²) in [5, 5.41) is 9.99. The van der Waals surface area contributed by atoms with Gasteiger partial charge in [-0.15, -0.1) is 11.3 Å². The first kappa shape index (κ1) is 13.6. The predicted octanol–water partition coefficient (Wildman–Crippen LogP) is 4.12. The molecule has 2 aromatic rings. The molecule has 0 aliphatic heterocycles. The maximum Gasteiger partial charge on any atom is 0.226 e. The zero-order valence-electron chi connectivity index (χ0n) is 12.0. The maximum absolute atomic E-state index is 4.62. The van der Waals surface area contributed by atoms with E-state index in [2.05, 4.69) is 39.0 Å². The molecule has 3 rings (SSSR count). The van der Waals surface area contributed by atoms with Crippen LogP contribution in [-0.2, 0) is 0 Å². The van der Waals surface area contributed by atoms with Gasteiger partial charge in [0, 0.05) is 13.1 Å². The van der Waals surface area contributed by atoms with Crippen LogP contribution in [0, 0.1) is 5.92 Å². The summed E-state index contributed by atoms with van der Waals surface area (Å²) >= 11 is 1.67. The molecule has 5 heteroatoms. The van der Waals surface area contributed by atoms with Crippen molar-refractivity contribution in [3.05, 3.63) is 11.4 Å². The number of fused-ring (bicyclic) bond motifs is 1. The summed E-state index contributed by atoms with van der Waals surface area (Å²) in [6, 6.07) is 2.10. The van der Waals surface area contributed by atoms with Crippen molar-refractivity contribution in [1.82, 2.24) is 9.97 Å². The first-order valence-electron chi connectivity index (χ1n) is 7.60. The summed E-state index contributed by atoms with van der Waals surface area (Å²) in [7, 11) is 0. The van der Waals surface area contributed by atoms with E-state index in [1.54, 1.807) is 11.3 Å². The van der Waals surface area contributed by atoms with E-state index >= 15 is 0 Å². The smallest absolute Gasteiger partial charge is 0.226 e. The van der Waals surface area contributed by atoms with Gasteiger partial charge in [0.15, 0.2) is 0 Å². The number of nitrogens with one attached hydrogen (secondary N) is 2. The monoisotopic (exact) mass is 290 g/mol. The molecule has 108 valence electrons. The maximum atomic E-state index is 4.62. The zero-order valence-corrected chi connectivity index (χ0v) is 12.8. The van der Waals surface area contributed by atoms with Crippen LogP contribution in [0.1, 0.15) is 39.0 Å². The quantitative estimate of drug-likeness (QED) is 0.718. The van der Waals surface area contributed by atoms with Crippen LogP contribution in [0.25, 0.3) is 10.2 Å². The molecule has 2 aromatic heterocycles. The van der Waals surface area contributed by atoms with E-state index in [4.69, 9.17) is 0 Å². The fourth-order valence-corrected chi connectivity index (χ4v) is 3.07. The van der Waals surface area contributed by atoms with Gasteiger partial charge < -0.3 is 10.6 Å². The molecule has 0 radical (unpaired) electrons. The molecule has 2 heterocycles. The Morgan fingerprint density at radius 1 is 1.25 bits per heavy atom. The molecule has 0 aromatic carbocycles. The molecule has 0 amide bonds. The standard InChI is InChI=1S/C15H22N4S/c1-2-8-17-15-18-13(12-7-10-20-14(12)19-15)16-9-3-4-11-5-6-11/h7,10-11H,2-6,8-9H2,1H3,(H2,16,17,18,19). The van der Waals surface area contributed by atoms with Crippen molar-refractivity contribution in [2.45, 2.75) is 39.0 Å². The SMILES string of the molecule is CCCNc1nc(NCCCC2CC2)c2ccsc2n1. The number of rotatable bonds is 8. The van der Waals surface area contributed by atoms with Crippen LogP contribution >= 0.6 is 11.3 Å². The Morgan fingerprint density at radius 2 is 2.15 bits per heavy atom. The minimum atomic E-state index is 0.742. The van der Waals surface area contributed by atoms with E-state index in [9.17, 15) is 0 Å². The molecule has 4 nitrogen and oxygen atoms in total. The van der Waals surface area contributed by atoms with Gasteiger partial charge in [0.2, 0.25) is 5.95 Å². The lowest BCUT2D eigenvalue weighted by atomic mass is 10.2. The number of aromatic nitrogens is 2. The molecule has 20 heavy (non-hydrogen) atoms. The highest BCUT2D eigenvalue weighted by Crippen LogP contribution is 2.33. The molecule has 1 aliphatic rings. The lowest BCUT2D eigenvalue weighted by molar-refractivity contribution is 0.687. The summed E-state index contributed by atoms with van der Waals surface area (Å²) in [6.07, 6.45) is 6.54. The fourth-order valence-electron chi connectivity index (χ4n) is 2.31. The fraction of sp³-hybridized carbons (Fsp3) is 0.600. The largest absolute Gasteiger partial charge is 0.369 e. The number of hydrogen-bond acceptors (Lipinski definition) is 5. The van der Waals surface area contributed by atoms with E-state index in [0.717, 1.165) is 47.4 Å². The normalized spacial score (nSPS) is 14.7. The third-order valence-electron chi connectivity index (χ3n) is 3.64. The van der Waals surface area contributed by atoms with E-state index in [-0.39, 0.29) is 0 Å². The van der Waals surface area contributed by atoms with Crippen molar-refractivity contribution in [3.8, 4) is 0 Å². The molecule has 0 atom stereocenters. The Morgan fingerprint density at radius 3 is 2.95 bits per heavy atom. The van der Waals surface area contributed by atoms with Crippen molar-refractivity contribution in [3.63, 3.8) is 0 Å². The Bertz CT molecular complexity index is 562. The second-order valence-electron chi connectivity index (χ2n) is 5.47. The molecule has 2 N–H and O–H groups in total. The molecule has 0 unspecified atom stereocenters. The molecule has 1 saturated carbocycles. The second-order valence-corrected chi connectivity index (χ2v) is 6.37. The first-order chi connectivity index (χ1) is 9.86. The number of nitrogens with zero attached hydrogens (tertiary/aromatic N) is 2. The average Bonchev–Trinajstić information content (AvgIpc) is 3.16. The van der Waals surface area contributed by atoms with Gasteiger partial charge in [0.05, 0.1) is 5.39 Å². The number of hydrogen-bond donors (Lipinski definition) is 2. The Hall–Kier alpha value is -1.36. The topological polar surface area (TPSA) is 49.8 Å². The Balaban J connectivity index is 1.67. The minimum absolute atomic E-state index is 0.742. The van der Waals surface area contributed by atoms with Crippen LogP contribution in [0.4, 0.5) is 11.8 Å². The van der Waals surface area contributed by atoms with Gasteiger partial charge in [-0.2, -0.15) is 4.98 Å². The van der Waals surface area contributed by atoms with Gasteiger partial charge in [-0.05, 0) is 36.6 Å². The summed E-state index contributed by atoms with van der Waals surface area (Å²) in [6.45, 7) is 4.07. The van der Waals surface area contributed by atoms with E-state index in [1.165, 1.54) is 25.7 Å². The minimum Gasteiger partial charge on any atom is -0.369 e. The van der Waals surface area contributed by atoms with Crippen molar-refractivity contribution in [2.75, 3.05) is 23.7 Å². The second kappa shape index (κ2) is 6.39. The van der Waals surface area contributed by atoms with Crippen LogP contribution < -0.4 is 10.6 Å². The van der Waals surface area contributed by atoms with Crippen LogP contribution in [0.15, 0.2) is 11.4 Å². The lowest BCUT2D eigenvalue weighted by Crippen LogP contribution is -2.08.